The highest BCUT2D eigenvalue weighted by atomic mass is 35.5. The van der Waals surface area contributed by atoms with E-state index in [4.69, 9.17) is 28.2 Å². The first kappa shape index (κ1) is 22.9. The SMILES string of the molecule is O=c1c2c(nc(SCc3ccc(Cl)cc3Cl)n1-c1ccccc1)-c1ccccc1CC21CCCC1. The molecule has 4 aromatic rings. The van der Waals surface area contributed by atoms with E-state index in [-0.39, 0.29) is 11.0 Å². The summed E-state index contributed by atoms with van der Waals surface area (Å²) in [4.78, 5) is 19.6. The van der Waals surface area contributed by atoms with Crippen LogP contribution in [-0.2, 0) is 17.6 Å². The number of para-hydroxylation sites is 1. The minimum Gasteiger partial charge on any atom is -0.268 e. The van der Waals surface area contributed by atoms with Gasteiger partial charge in [-0.3, -0.25) is 9.36 Å². The van der Waals surface area contributed by atoms with Gasteiger partial charge in [0.05, 0.1) is 16.9 Å². The van der Waals surface area contributed by atoms with E-state index in [0.717, 1.165) is 60.2 Å². The molecule has 6 rings (SSSR count). The fraction of sp³-hybridized carbons (Fsp3) is 0.241. The molecule has 0 atom stereocenters. The highest BCUT2D eigenvalue weighted by Gasteiger charge is 2.44. The summed E-state index contributed by atoms with van der Waals surface area (Å²) in [5, 5.41) is 1.90. The maximum atomic E-state index is 14.4. The summed E-state index contributed by atoms with van der Waals surface area (Å²) < 4.78 is 1.81. The summed E-state index contributed by atoms with van der Waals surface area (Å²) in [5.41, 5.74) is 5.85. The quantitative estimate of drug-likeness (QED) is 0.203. The molecule has 1 fully saturated rings. The Hall–Kier alpha value is -2.53. The van der Waals surface area contributed by atoms with Crippen molar-refractivity contribution < 1.29 is 0 Å². The van der Waals surface area contributed by atoms with Crippen LogP contribution in [-0.4, -0.2) is 9.55 Å². The zero-order chi connectivity index (χ0) is 24.0. The molecule has 2 aliphatic carbocycles. The molecule has 3 nitrogen and oxygen atoms in total. The molecule has 35 heavy (non-hydrogen) atoms. The number of hydrogen-bond donors (Lipinski definition) is 0. The number of nitrogens with zero attached hydrogens (tertiary/aromatic N) is 2. The van der Waals surface area contributed by atoms with Gasteiger partial charge in [0.15, 0.2) is 5.16 Å². The zero-order valence-corrected chi connectivity index (χ0v) is 21.5. The molecule has 3 aromatic carbocycles. The molecule has 0 aliphatic heterocycles. The number of hydrogen-bond acceptors (Lipinski definition) is 3. The Kier molecular flexibility index (Phi) is 6.00. The molecule has 2 aliphatic rings. The van der Waals surface area contributed by atoms with Crippen LogP contribution in [0.1, 0.15) is 42.4 Å². The zero-order valence-electron chi connectivity index (χ0n) is 19.1. The summed E-state index contributed by atoms with van der Waals surface area (Å²) >= 11 is 14.1. The minimum atomic E-state index is -0.132. The summed E-state index contributed by atoms with van der Waals surface area (Å²) in [5.74, 6) is 0.584. The smallest absolute Gasteiger partial charge is 0.263 e. The highest BCUT2D eigenvalue weighted by molar-refractivity contribution is 7.98. The van der Waals surface area contributed by atoms with Gasteiger partial charge in [0.1, 0.15) is 0 Å². The van der Waals surface area contributed by atoms with Crippen LogP contribution in [0.5, 0.6) is 0 Å². The molecule has 0 saturated heterocycles. The molecule has 1 heterocycles. The Balaban J connectivity index is 1.56. The van der Waals surface area contributed by atoms with Crippen molar-refractivity contribution in [3.05, 3.63) is 110 Å². The summed E-state index contributed by atoms with van der Waals surface area (Å²) in [7, 11) is 0. The van der Waals surface area contributed by atoms with Gasteiger partial charge in [-0.1, -0.05) is 96.3 Å². The summed E-state index contributed by atoms with van der Waals surface area (Å²) in [6.45, 7) is 0. The fourth-order valence-electron chi connectivity index (χ4n) is 5.69. The summed E-state index contributed by atoms with van der Waals surface area (Å²) in [6, 6.07) is 23.8. The lowest BCUT2D eigenvalue weighted by Gasteiger charge is -2.36. The second kappa shape index (κ2) is 9.16. The largest absolute Gasteiger partial charge is 0.268 e. The first-order valence-corrected chi connectivity index (χ1v) is 13.7. The van der Waals surface area contributed by atoms with Gasteiger partial charge < -0.3 is 0 Å². The van der Waals surface area contributed by atoms with E-state index >= 15 is 0 Å². The Morgan fingerprint density at radius 2 is 1.69 bits per heavy atom. The predicted molar refractivity (Wildman–Crippen MR) is 145 cm³/mol. The molecular weight excluding hydrogens is 495 g/mol. The highest BCUT2D eigenvalue weighted by Crippen LogP contribution is 2.50. The molecule has 0 amide bonds. The van der Waals surface area contributed by atoms with Crippen LogP contribution in [0.15, 0.2) is 82.7 Å². The van der Waals surface area contributed by atoms with Crippen LogP contribution < -0.4 is 5.56 Å². The van der Waals surface area contributed by atoms with E-state index in [0.29, 0.717) is 21.0 Å². The van der Waals surface area contributed by atoms with Gasteiger partial charge in [-0.15, -0.1) is 0 Å². The van der Waals surface area contributed by atoms with E-state index in [2.05, 4.69) is 18.2 Å². The van der Waals surface area contributed by atoms with E-state index in [1.165, 1.54) is 17.3 Å². The number of fused-ring (bicyclic) bond motifs is 4. The molecular formula is C29H24Cl2N2OS. The second-order valence-corrected chi connectivity index (χ2v) is 11.2. The number of thioether (sulfide) groups is 1. The van der Waals surface area contributed by atoms with Crippen molar-refractivity contribution in [2.24, 2.45) is 0 Å². The minimum absolute atomic E-state index is 0.0577. The van der Waals surface area contributed by atoms with Crippen molar-refractivity contribution in [2.45, 2.75) is 48.4 Å². The third kappa shape index (κ3) is 4.02. The number of benzene rings is 3. The summed E-state index contributed by atoms with van der Waals surface area (Å²) in [6.07, 6.45) is 5.28. The fourth-order valence-corrected chi connectivity index (χ4v) is 7.26. The van der Waals surface area contributed by atoms with Gasteiger partial charge in [-0.05, 0) is 54.7 Å². The molecule has 0 unspecified atom stereocenters. The van der Waals surface area contributed by atoms with E-state index in [1.807, 2.05) is 48.5 Å². The van der Waals surface area contributed by atoms with Gasteiger partial charge >= 0.3 is 0 Å². The monoisotopic (exact) mass is 518 g/mol. The predicted octanol–water partition coefficient (Wildman–Crippen LogP) is 7.87. The molecule has 0 bridgehead atoms. The Labute approximate surface area is 219 Å². The number of rotatable bonds is 4. The van der Waals surface area contributed by atoms with Crippen molar-refractivity contribution in [1.82, 2.24) is 9.55 Å². The van der Waals surface area contributed by atoms with Crippen LogP contribution >= 0.6 is 35.0 Å². The molecule has 0 radical (unpaired) electrons. The van der Waals surface area contributed by atoms with Gasteiger partial charge in [-0.25, -0.2) is 4.98 Å². The van der Waals surface area contributed by atoms with Crippen molar-refractivity contribution in [3.63, 3.8) is 0 Å². The maximum Gasteiger partial charge on any atom is 0.263 e. The first-order chi connectivity index (χ1) is 17.1. The van der Waals surface area contributed by atoms with Gasteiger partial charge in [0.2, 0.25) is 0 Å². The van der Waals surface area contributed by atoms with E-state index < -0.39 is 0 Å². The van der Waals surface area contributed by atoms with Crippen LogP contribution in [0.4, 0.5) is 0 Å². The lowest BCUT2D eigenvalue weighted by Crippen LogP contribution is -2.40. The van der Waals surface area contributed by atoms with Crippen molar-refractivity contribution in [2.75, 3.05) is 0 Å². The van der Waals surface area contributed by atoms with E-state index in [1.54, 1.807) is 10.6 Å². The topological polar surface area (TPSA) is 34.9 Å². The second-order valence-electron chi connectivity index (χ2n) is 9.44. The average molecular weight is 519 g/mol. The van der Waals surface area contributed by atoms with E-state index in [9.17, 15) is 4.79 Å². The van der Waals surface area contributed by atoms with Crippen LogP contribution in [0.3, 0.4) is 0 Å². The molecule has 176 valence electrons. The van der Waals surface area contributed by atoms with Crippen molar-refractivity contribution in [3.8, 4) is 16.9 Å². The molecule has 1 spiro atoms. The lowest BCUT2D eigenvalue weighted by molar-refractivity contribution is 0.422. The van der Waals surface area contributed by atoms with Crippen LogP contribution in [0, 0.1) is 0 Å². The molecule has 6 heteroatoms. The Bertz CT molecular complexity index is 1480. The van der Waals surface area contributed by atoms with Crippen molar-refractivity contribution in [1.29, 1.82) is 0 Å². The molecule has 0 N–H and O–H groups in total. The standard InChI is InChI=1S/C29H24Cl2N2OS/c30-21-13-12-20(24(31)16-21)18-35-28-32-26-23-11-5-4-8-19(23)17-29(14-6-7-15-29)25(26)27(34)33(28)22-9-2-1-3-10-22/h1-5,8-13,16H,6-7,14-15,17-18H2. The van der Waals surface area contributed by atoms with Gasteiger partial charge in [0, 0.05) is 26.8 Å². The van der Waals surface area contributed by atoms with Gasteiger partial charge in [-0.2, -0.15) is 0 Å². The normalized spacial score (nSPS) is 15.7. The van der Waals surface area contributed by atoms with Gasteiger partial charge in [0.25, 0.3) is 5.56 Å². The van der Waals surface area contributed by atoms with Crippen molar-refractivity contribution >= 4 is 35.0 Å². The lowest BCUT2D eigenvalue weighted by atomic mass is 9.68. The number of aromatic nitrogens is 2. The van der Waals surface area contributed by atoms with Crippen LogP contribution in [0.2, 0.25) is 10.0 Å². The molecule has 1 saturated carbocycles. The Morgan fingerprint density at radius 1 is 0.943 bits per heavy atom. The maximum absolute atomic E-state index is 14.4. The number of halogens is 2. The molecule has 1 aromatic heterocycles. The third-order valence-corrected chi connectivity index (χ3v) is 8.91. The third-order valence-electron chi connectivity index (χ3n) is 7.33. The average Bonchev–Trinajstić information content (AvgIpc) is 3.32. The first-order valence-electron chi connectivity index (χ1n) is 11.9. The Morgan fingerprint density at radius 3 is 2.46 bits per heavy atom. The van der Waals surface area contributed by atoms with Crippen LogP contribution in [0.25, 0.3) is 16.9 Å².